The molecule has 0 spiro atoms. The minimum absolute atomic E-state index is 0.0582. The van der Waals surface area contributed by atoms with Gasteiger partial charge in [-0.15, -0.1) is 0 Å². The number of ether oxygens (including phenoxy) is 5. The highest BCUT2D eigenvalue weighted by Gasteiger charge is 2.32. The van der Waals surface area contributed by atoms with Crippen molar-refractivity contribution in [1.82, 2.24) is 0 Å². The molecule has 4 atom stereocenters. The summed E-state index contributed by atoms with van der Waals surface area (Å²) in [4.78, 5) is 11.5. The first-order valence-electron chi connectivity index (χ1n) is 12.1. The Labute approximate surface area is 207 Å². The summed E-state index contributed by atoms with van der Waals surface area (Å²) in [5.41, 5.74) is 2.02. The lowest BCUT2D eigenvalue weighted by Crippen LogP contribution is -2.36. The Morgan fingerprint density at radius 2 is 1.86 bits per heavy atom. The highest BCUT2D eigenvalue weighted by atomic mass is 16.7. The van der Waals surface area contributed by atoms with Crippen molar-refractivity contribution in [3.8, 4) is 5.75 Å². The lowest BCUT2D eigenvalue weighted by molar-refractivity contribution is -0.254. The molecule has 2 aromatic carbocycles. The number of methoxy groups -OCH3 is 1. The third-order valence-electron chi connectivity index (χ3n) is 5.73. The van der Waals surface area contributed by atoms with Crippen molar-refractivity contribution in [1.29, 1.82) is 0 Å². The maximum Gasteiger partial charge on any atom is 0.330 e. The molecule has 0 saturated carbocycles. The first-order chi connectivity index (χ1) is 17.1. The predicted molar refractivity (Wildman–Crippen MR) is 132 cm³/mol. The van der Waals surface area contributed by atoms with Crippen LogP contribution in [0.3, 0.4) is 0 Å². The molecule has 1 aliphatic heterocycles. The minimum atomic E-state index is -0.632. The molecule has 0 unspecified atom stereocenters. The fourth-order valence-corrected chi connectivity index (χ4v) is 3.93. The molecule has 35 heavy (non-hydrogen) atoms. The Hall–Kier alpha value is -2.71. The van der Waals surface area contributed by atoms with Crippen molar-refractivity contribution in [2.24, 2.45) is 0 Å². The number of hydrogen-bond donors (Lipinski definition) is 1. The van der Waals surface area contributed by atoms with Gasteiger partial charge < -0.3 is 28.8 Å². The van der Waals surface area contributed by atoms with Crippen LogP contribution in [0.4, 0.5) is 0 Å². The second kappa shape index (κ2) is 14.6. The number of benzene rings is 2. The molecule has 0 radical (unpaired) electrons. The van der Waals surface area contributed by atoms with Gasteiger partial charge in [-0.3, -0.25) is 0 Å². The van der Waals surface area contributed by atoms with Crippen LogP contribution in [0, 0.1) is 0 Å². The number of aliphatic hydroxyl groups excluding tert-OH is 1. The standard InChI is InChI=1S/C28H36O7/c1-3-33-27(30)11-7-10-23(29)18-26-19-25(34-28(35-26)22-8-5-4-6-9-22)16-17-32-20-21-12-14-24(31-2)15-13-21/h4-9,11-15,23,25-26,28-29H,3,10,16-20H2,1-2H3/b11-7+/t23-,25+,26-,28+/m0/s1. The lowest BCUT2D eigenvalue weighted by Gasteiger charge is -2.36. The summed E-state index contributed by atoms with van der Waals surface area (Å²) < 4.78 is 28.4. The predicted octanol–water partition coefficient (Wildman–Crippen LogP) is 4.74. The molecule has 1 heterocycles. The zero-order chi connectivity index (χ0) is 24.9. The second-order valence-electron chi connectivity index (χ2n) is 8.46. The van der Waals surface area contributed by atoms with Crippen LogP contribution in [-0.2, 0) is 30.3 Å². The molecule has 0 amide bonds. The molecule has 7 heteroatoms. The fourth-order valence-electron chi connectivity index (χ4n) is 3.93. The van der Waals surface area contributed by atoms with Gasteiger partial charge in [-0.05, 0) is 37.5 Å². The number of aliphatic hydroxyl groups is 1. The van der Waals surface area contributed by atoms with Crippen molar-refractivity contribution in [2.45, 2.75) is 63.8 Å². The summed E-state index contributed by atoms with van der Waals surface area (Å²) >= 11 is 0. The van der Waals surface area contributed by atoms with Crippen LogP contribution in [0.1, 0.15) is 50.0 Å². The minimum Gasteiger partial charge on any atom is -0.497 e. The van der Waals surface area contributed by atoms with Crippen molar-refractivity contribution in [3.63, 3.8) is 0 Å². The third-order valence-corrected chi connectivity index (χ3v) is 5.73. The Morgan fingerprint density at radius 3 is 2.57 bits per heavy atom. The zero-order valence-corrected chi connectivity index (χ0v) is 20.5. The number of carbonyl (C=O) groups excluding carboxylic acids is 1. The van der Waals surface area contributed by atoms with Gasteiger partial charge in [-0.1, -0.05) is 48.5 Å². The molecule has 0 aliphatic carbocycles. The van der Waals surface area contributed by atoms with E-state index in [0.717, 1.165) is 23.3 Å². The third kappa shape index (κ3) is 9.45. The van der Waals surface area contributed by atoms with Crippen molar-refractivity contribution in [3.05, 3.63) is 77.9 Å². The van der Waals surface area contributed by atoms with E-state index in [1.807, 2.05) is 54.6 Å². The SMILES string of the molecule is CCOC(=O)/C=C/C[C@H](O)C[C@H]1C[C@@H](CCOCc2ccc(OC)cc2)O[C@@H](c2ccccc2)O1. The van der Waals surface area contributed by atoms with Crippen LogP contribution in [0.25, 0.3) is 0 Å². The number of rotatable bonds is 13. The topological polar surface area (TPSA) is 83.5 Å². The summed E-state index contributed by atoms with van der Waals surface area (Å²) in [6, 6.07) is 17.6. The van der Waals surface area contributed by atoms with Gasteiger partial charge in [-0.2, -0.15) is 0 Å². The van der Waals surface area contributed by atoms with Crippen LogP contribution < -0.4 is 4.74 Å². The Balaban J connectivity index is 1.51. The van der Waals surface area contributed by atoms with Crippen LogP contribution in [-0.4, -0.2) is 49.7 Å². The van der Waals surface area contributed by atoms with Gasteiger partial charge in [0.25, 0.3) is 0 Å². The number of hydrogen-bond acceptors (Lipinski definition) is 7. The largest absolute Gasteiger partial charge is 0.497 e. The van der Waals surface area contributed by atoms with E-state index in [0.29, 0.717) is 39.1 Å². The molecule has 2 aromatic rings. The first-order valence-corrected chi connectivity index (χ1v) is 12.1. The molecule has 3 rings (SSSR count). The van der Waals surface area contributed by atoms with E-state index in [-0.39, 0.29) is 12.2 Å². The van der Waals surface area contributed by atoms with Gasteiger partial charge in [0.1, 0.15) is 5.75 Å². The summed E-state index contributed by atoms with van der Waals surface area (Å²) in [6.45, 7) is 3.15. The van der Waals surface area contributed by atoms with Gasteiger partial charge in [0.2, 0.25) is 0 Å². The van der Waals surface area contributed by atoms with E-state index in [9.17, 15) is 9.90 Å². The molecular weight excluding hydrogens is 448 g/mol. The molecule has 1 aliphatic rings. The first kappa shape index (κ1) is 26.9. The highest BCUT2D eigenvalue weighted by molar-refractivity contribution is 5.81. The van der Waals surface area contributed by atoms with Gasteiger partial charge in [0.15, 0.2) is 6.29 Å². The highest BCUT2D eigenvalue weighted by Crippen LogP contribution is 2.33. The molecule has 1 fully saturated rings. The molecule has 0 aromatic heterocycles. The lowest BCUT2D eigenvalue weighted by atomic mass is 10.00. The van der Waals surface area contributed by atoms with E-state index in [4.69, 9.17) is 23.7 Å². The Kier molecular flexibility index (Phi) is 11.2. The summed E-state index contributed by atoms with van der Waals surface area (Å²) in [6.07, 6.45) is 3.81. The zero-order valence-electron chi connectivity index (χ0n) is 20.5. The average molecular weight is 485 g/mol. The number of esters is 1. The van der Waals surface area contributed by atoms with Crippen LogP contribution in [0.15, 0.2) is 66.7 Å². The van der Waals surface area contributed by atoms with E-state index in [1.165, 1.54) is 6.08 Å². The molecule has 190 valence electrons. The Bertz CT molecular complexity index is 897. The van der Waals surface area contributed by atoms with E-state index in [2.05, 4.69) is 0 Å². The van der Waals surface area contributed by atoms with Crippen LogP contribution in [0.5, 0.6) is 5.75 Å². The summed E-state index contributed by atoms with van der Waals surface area (Å²) in [5, 5.41) is 10.5. The second-order valence-corrected chi connectivity index (χ2v) is 8.46. The van der Waals surface area contributed by atoms with Crippen molar-refractivity contribution >= 4 is 5.97 Å². The fraction of sp³-hybridized carbons (Fsp3) is 0.464. The summed E-state index contributed by atoms with van der Waals surface area (Å²) in [7, 11) is 1.65. The van der Waals surface area contributed by atoms with Crippen LogP contribution >= 0.6 is 0 Å². The molecule has 7 nitrogen and oxygen atoms in total. The van der Waals surface area contributed by atoms with Gasteiger partial charge in [0, 0.05) is 31.1 Å². The van der Waals surface area contributed by atoms with Crippen LogP contribution in [0.2, 0.25) is 0 Å². The molecule has 0 bridgehead atoms. The number of carbonyl (C=O) groups is 1. The molecular formula is C28H36O7. The molecule has 1 N–H and O–H groups in total. The monoisotopic (exact) mass is 484 g/mol. The van der Waals surface area contributed by atoms with Crippen molar-refractivity contribution < 1.29 is 33.6 Å². The van der Waals surface area contributed by atoms with E-state index < -0.39 is 18.4 Å². The maximum absolute atomic E-state index is 11.5. The van der Waals surface area contributed by atoms with Gasteiger partial charge in [-0.25, -0.2) is 4.79 Å². The maximum atomic E-state index is 11.5. The van der Waals surface area contributed by atoms with Gasteiger partial charge >= 0.3 is 5.97 Å². The van der Waals surface area contributed by atoms with Crippen molar-refractivity contribution in [2.75, 3.05) is 20.3 Å². The smallest absolute Gasteiger partial charge is 0.330 e. The van der Waals surface area contributed by atoms with E-state index in [1.54, 1.807) is 20.1 Å². The average Bonchev–Trinajstić information content (AvgIpc) is 2.87. The van der Waals surface area contributed by atoms with Gasteiger partial charge in [0.05, 0.1) is 38.6 Å². The summed E-state index contributed by atoms with van der Waals surface area (Å²) in [5.74, 6) is 0.418. The molecule has 1 saturated heterocycles. The normalized spacial score (nSPS) is 21.1. The quantitative estimate of drug-likeness (QED) is 0.250. The van der Waals surface area contributed by atoms with E-state index >= 15 is 0 Å². The Morgan fingerprint density at radius 1 is 1.11 bits per heavy atom.